The van der Waals surface area contributed by atoms with E-state index in [4.69, 9.17) is 5.73 Å². The maximum absolute atomic E-state index is 11.7. The maximum Gasteiger partial charge on any atom is 0.522 e. The van der Waals surface area contributed by atoms with Crippen molar-refractivity contribution in [1.82, 2.24) is 4.90 Å². The summed E-state index contributed by atoms with van der Waals surface area (Å²) in [5.41, 5.74) is 5.46. The minimum absolute atomic E-state index is 0.273. The first-order chi connectivity index (χ1) is 7.51. The fraction of sp³-hybridized carbons (Fsp3) is 1.00. The molecule has 96 valence electrons. The van der Waals surface area contributed by atoms with Crippen LogP contribution < -0.4 is 5.73 Å². The molecule has 0 spiro atoms. The van der Waals surface area contributed by atoms with Gasteiger partial charge in [0.25, 0.3) is 0 Å². The first-order valence-corrected chi connectivity index (χ1v) is 5.64. The van der Waals surface area contributed by atoms with E-state index in [1.54, 1.807) is 0 Å². The van der Waals surface area contributed by atoms with Gasteiger partial charge in [-0.15, -0.1) is 13.2 Å². The van der Waals surface area contributed by atoms with Crippen molar-refractivity contribution in [2.24, 2.45) is 11.7 Å². The van der Waals surface area contributed by atoms with Crippen molar-refractivity contribution in [2.45, 2.75) is 25.6 Å². The van der Waals surface area contributed by atoms with Gasteiger partial charge in [-0.3, -0.25) is 4.74 Å². The van der Waals surface area contributed by atoms with Crippen molar-refractivity contribution in [3.8, 4) is 0 Å². The van der Waals surface area contributed by atoms with Crippen LogP contribution in [0.3, 0.4) is 0 Å². The average Bonchev–Trinajstić information content (AvgIpc) is 2.19. The molecule has 0 bridgehead atoms. The molecule has 6 heteroatoms. The smallest absolute Gasteiger partial charge is 0.330 e. The molecule has 0 unspecified atom stereocenters. The van der Waals surface area contributed by atoms with Gasteiger partial charge in [0.1, 0.15) is 0 Å². The third kappa shape index (κ3) is 5.67. The third-order valence-corrected chi connectivity index (χ3v) is 2.96. The number of hydrogen-bond donors (Lipinski definition) is 1. The Labute approximate surface area is 93.7 Å². The Balaban J connectivity index is 2.08. The van der Waals surface area contributed by atoms with E-state index < -0.39 is 6.36 Å². The lowest BCUT2D eigenvalue weighted by Crippen LogP contribution is -2.37. The van der Waals surface area contributed by atoms with Gasteiger partial charge in [0.2, 0.25) is 0 Å². The molecule has 2 N–H and O–H groups in total. The van der Waals surface area contributed by atoms with Crippen LogP contribution in [0, 0.1) is 5.92 Å². The van der Waals surface area contributed by atoms with Gasteiger partial charge in [-0.2, -0.15) is 0 Å². The van der Waals surface area contributed by atoms with Crippen LogP contribution >= 0.6 is 0 Å². The molecule has 0 aromatic rings. The summed E-state index contributed by atoms with van der Waals surface area (Å²) >= 11 is 0. The highest BCUT2D eigenvalue weighted by atomic mass is 19.4. The van der Waals surface area contributed by atoms with Crippen LogP contribution in [0.15, 0.2) is 0 Å². The van der Waals surface area contributed by atoms with Gasteiger partial charge >= 0.3 is 6.36 Å². The molecule has 1 saturated heterocycles. The summed E-state index contributed by atoms with van der Waals surface area (Å²) in [6.45, 7) is 2.49. The molecular weight excluding hydrogens is 221 g/mol. The molecule has 1 aliphatic heterocycles. The second-order valence-electron chi connectivity index (χ2n) is 4.16. The van der Waals surface area contributed by atoms with Gasteiger partial charge in [0, 0.05) is 6.54 Å². The van der Waals surface area contributed by atoms with Crippen LogP contribution in [0.1, 0.15) is 19.3 Å². The van der Waals surface area contributed by atoms with Crippen molar-refractivity contribution in [1.29, 1.82) is 0 Å². The third-order valence-electron chi connectivity index (χ3n) is 2.96. The molecule has 1 fully saturated rings. The lowest BCUT2D eigenvalue weighted by molar-refractivity contribution is -0.325. The van der Waals surface area contributed by atoms with Crippen molar-refractivity contribution >= 4 is 0 Å². The van der Waals surface area contributed by atoms with Crippen molar-refractivity contribution in [3.63, 3.8) is 0 Å². The largest absolute Gasteiger partial charge is 0.522 e. The highest BCUT2D eigenvalue weighted by Gasteiger charge is 2.29. The van der Waals surface area contributed by atoms with Crippen LogP contribution in [0.5, 0.6) is 0 Å². The number of nitrogens with zero attached hydrogens (tertiary/aromatic N) is 1. The van der Waals surface area contributed by atoms with Gasteiger partial charge in [-0.05, 0) is 44.8 Å². The van der Waals surface area contributed by atoms with Crippen molar-refractivity contribution in [2.75, 3.05) is 32.8 Å². The molecule has 3 nitrogen and oxygen atoms in total. The van der Waals surface area contributed by atoms with Crippen LogP contribution in [-0.4, -0.2) is 44.0 Å². The molecule has 0 atom stereocenters. The fourth-order valence-electron chi connectivity index (χ4n) is 2.02. The number of piperidine rings is 1. The minimum atomic E-state index is -4.50. The highest BCUT2D eigenvalue weighted by molar-refractivity contribution is 4.72. The van der Waals surface area contributed by atoms with Gasteiger partial charge in [-0.25, -0.2) is 0 Å². The number of likely N-dealkylation sites (tertiary alicyclic amines) is 1. The predicted octanol–water partition coefficient (Wildman–Crippen LogP) is 1.58. The standard InChI is InChI=1S/C10H19F3N2O/c11-10(12,13)16-8-7-15-5-2-9(1-4-14)3-6-15/h9H,1-8,14H2. The van der Waals surface area contributed by atoms with Crippen molar-refractivity contribution in [3.05, 3.63) is 0 Å². The topological polar surface area (TPSA) is 38.5 Å². The number of nitrogens with two attached hydrogens (primary N) is 1. The molecule has 0 aromatic carbocycles. The Bertz CT molecular complexity index is 191. The molecule has 16 heavy (non-hydrogen) atoms. The van der Waals surface area contributed by atoms with E-state index in [1.807, 2.05) is 4.90 Å². The number of halogens is 3. The second kappa shape index (κ2) is 6.42. The monoisotopic (exact) mass is 240 g/mol. The Hall–Kier alpha value is -0.330. The lowest BCUT2D eigenvalue weighted by Gasteiger charge is -2.31. The van der Waals surface area contributed by atoms with Gasteiger partial charge in [-0.1, -0.05) is 0 Å². The summed E-state index contributed by atoms with van der Waals surface area (Å²) < 4.78 is 38.9. The number of hydrogen-bond acceptors (Lipinski definition) is 3. The summed E-state index contributed by atoms with van der Waals surface area (Å²) in [4.78, 5) is 2.01. The first-order valence-electron chi connectivity index (χ1n) is 5.64. The molecule has 0 saturated carbocycles. The molecule has 0 aromatic heterocycles. The summed E-state index contributed by atoms with van der Waals surface area (Å²) in [6.07, 6.45) is -1.42. The van der Waals surface area contributed by atoms with E-state index in [1.165, 1.54) is 0 Å². The Kier molecular flexibility index (Phi) is 5.51. The SMILES string of the molecule is NCCC1CCN(CCOC(F)(F)F)CC1. The molecule has 1 heterocycles. The molecular formula is C10H19F3N2O. The number of alkyl halides is 3. The quantitative estimate of drug-likeness (QED) is 0.793. The van der Waals surface area contributed by atoms with Gasteiger partial charge < -0.3 is 10.6 Å². The fourth-order valence-corrected chi connectivity index (χ4v) is 2.02. The maximum atomic E-state index is 11.7. The van der Waals surface area contributed by atoms with E-state index in [9.17, 15) is 13.2 Å². The zero-order valence-corrected chi connectivity index (χ0v) is 9.30. The van der Waals surface area contributed by atoms with Crippen LogP contribution in [0.2, 0.25) is 0 Å². The minimum Gasteiger partial charge on any atom is -0.330 e. The summed E-state index contributed by atoms with van der Waals surface area (Å²) in [5.74, 6) is 0.643. The molecule has 1 aliphatic rings. The molecule has 0 aliphatic carbocycles. The Morgan fingerprint density at radius 3 is 2.38 bits per heavy atom. The summed E-state index contributed by atoms with van der Waals surface area (Å²) in [7, 11) is 0. The van der Waals surface area contributed by atoms with E-state index in [2.05, 4.69) is 4.74 Å². The number of rotatable bonds is 5. The number of ether oxygens (including phenoxy) is 1. The zero-order chi connectivity index (χ0) is 12.0. The summed E-state index contributed by atoms with van der Waals surface area (Å²) in [6, 6.07) is 0. The van der Waals surface area contributed by atoms with Gasteiger partial charge in [0.15, 0.2) is 0 Å². The Morgan fingerprint density at radius 2 is 1.88 bits per heavy atom. The van der Waals surface area contributed by atoms with E-state index in [0.29, 0.717) is 19.0 Å². The van der Waals surface area contributed by atoms with E-state index in [-0.39, 0.29) is 6.61 Å². The molecule has 0 amide bonds. The van der Waals surface area contributed by atoms with Crippen LogP contribution in [0.4, 0.5) is 13.2 Å². The molecule has 0 radical (unpaired) electrons. The van der Waals surface area contributed by atoms with Crippen molar-refractivity contribution < 1.29 is 17.9 Å². The summed E-state index contributed by atoms with van der Waals surface area (Å²) in [5, 5.41) is 0. The van der Waals surface area contributed by atoms with Gasteiger partial charge in [0.05, 0.1) is 6.61 Å². The van der Waals surface area contributed by atoms with Crippen LogP contribution in [-0.2, 0) is 4.74 Å². The average molecular weight is 240 g/mol. The molecule has 1 rings (SSSR count). The van der Waals surface area contributed by atoms with Crippen LogP contribution in [0.25, 0.3) is 0 Å². The normalized spacial score (nSPS) is 20.2. The second-order valence-corrected chi connectivity index (χ2v) is 4.16. The van der Waals surface area contributed by atoms with E-state index >= 15 is 0 Å². The Morgan fingerprint density at radius 1 is 1.25 bits per heavy atom. The zero-order valence-electron chi connectivity index (χ0n) is 9.30. The van der Waals surface area contributed by atoms with E-state index in [0.717, 1.165) is 32.4 Å². The lowest BCUT2D eigenvalue weighted by atomic mass is 9.94. The highest BCUT2D eigenvalue weighted by Crippen LogP contribution is 2.20. The first kappa shape index (κ1) is 13.7. The predicted molar refractivity (Wildman–Crippen MR) is 54.8 cm³/mol.